The van der Waals surface area contributed by atoms with Crippen LogP contribution in [-0.2, 0) is 0 Å². The highest BCUT2D eigenvalue weighted by Crippen LogP contribution is 2.60. The fourth-order valence-electron chi connectivity index (χ4n) is 4.31. The highest BCUT2D eigenvalue weighted by molar-refractivity contribution is 7.58. The summed E-state index contributed by atoms with van der Waals surface area (Å²) in [5.41, 5.74) is 4.86. The van der Waals surface area contributed by atoms with Crippen molar-refractivity contribution >= 4 is 7.92 Å². The zero-order valence-electron chi connectivity index (χ0n) is 14.5. The predicted molar refractivity (Wildman–Crippen MR) is 94.6 cm³/mol. The van der Waals surface area contributed by atoms with Crippen molar-refractivity contribution in [3.63, 3.8) is 0 Å². The van der Waals surface area contributed by atoms with Gasteiger partial charge in [0.2, 0.25) is 0 Å². The third-order valence-electron chi connectivity index (χ3n) is 5.64. The molecule has 0 nitrogen and oxygen atoms in total. The molecule has 0 spiro atoms. The van der Waals surface area contributed by atoms with Crippen LogP contribution < -0.4 is 0 Å². The number of hydrogen-bond acceptors (Lipinski definition) is 0. The SMILES string of the molecule is C#CCC1C(C)C(CC(C)C(CC)=C(C)C)C(C)P1C. The van der Waals surface area contributed by atoms with E-state index < -0.39 is 0 Å². The smallest absolute Gasteiger partial charge is 0.0156 e. The fraction of sp³-hybridized carbons (Fsp3) is 0.789. The summed E-state index contributed by atoms with van der Waals surface area (Å²) < 4.78 is 0. The van der Waals surface area contributed by atoms with Gasteiger partial charge in [0.05, 0.1) is 0 Å². The monoisotopic (exact) mass is 292 g/mol. The lowest BCUT2D eigenvalue weighted by atomic mass is 9.78. The zero-order valence-corrected chi connectivity index (χ0v) is 15.4. The third-order valence-corrected chi connectivity index (χ3v) is 9.00. The van der Waals surface area contributed by atoms with Crippen molar-refractivity contribution in [3.8, 4) is 12.3 Å². The van der Waals surface area contributed by atoms with E-state index in [0.717, 1.165) is 35.5 Å². The van der Waals surface area contributed by atoms with Crippen LogP contribution in [0.2, 0.25) is 0 Å². The van der Waals surface area contributed by atoms with Crippen molar-refractivity contribution in [1.29, 1.82) is 0 Å². The second-order valence-electron chi connectivity index (χ2n) is 6.92. The van der Waals surface area contributed by atoms with Crippen LogP contribution in [0.1, 0.15) is 60.8 Å². The van der Waals surface area contributed by atoms with Crippen LogP contribution in [0.25, 0.3) is 0 Å². The average Bonchev–Trinajstić information content (AvgIpc) is 2.57. The van der Waals surface area contributed by atoms with E-state index in [1.165, 1.54) is 18.4 Å². The van der Waals surface area contributed by atoms with Gasteiger partial charge in [0.15, 0.2) is 0 Å². The van der Waals surface area contributed by atoms with E-state index in [9.17, 15) is 0 Å². The minimum atomic E-state index is 0.0978. The third kappa shape index (κ3) is 3.68. The Kier molecular flexibility index (Phi) is 6.81. The summed E-state index contributed by atoms with van der Waals surface area (Å²) >= 11 is 0. The molecule has 0 bridgehead atoms. The molecule has 6 unspecified atom stereocenters. The van der Waals surface area contributed by atoms with Crippen LogP contribution in [0, 0.1) is 30.1 Å². The van der Waals surface area contributed by atoms with Crippen LogP contribution in [0.4, 0.5) is 0 Å². The second-order valence-corrected chi connectivity index (χ2v) is 9.73. The molecule has 1 fully saturated rings. The van der Waals surface area contributed by atoms with Gasteiger partial charge in [-0.2, -0.15) is 0 Å². The molecular formula is C19H33P. The fourth-order valence-corrected chi connectivity index (χ4v) is 7.26. The van der Waals surface area contributed by atoms with Crippen molar-refractivity contribution < 1.29 is 0 Å². The quantitative estimate of drug-likeness (QED) is 0.335. The van der Waals surface area contributed by atoms with Crippen molar-refractivity contribution in [2.75, 3.05) is 6.66 Å². The molecule has 1 aliphatic heterocycles. The summed E-state index contributed by atoms with van der Waals surface area (Å²) in [4.78, 5) is 0. The van der Waals surface area contributed by atoms with Crippen LogP contribution in [0.3, 0.4) is 0 Å². The van der Waals surface area contributed by atoms with Crippen molar-refractivity contribution in [2.45, 2.75) is 72.1 Å². The van der Waals surface area contributed by atoms with Crippen molar-refractivity contribution in [3.05, 3.63) is 11.1 Å². The predicted octanol–water partition coefficient (Wildman–Crippen LogP) is 5.92. The molecular weight excluding hydrogens is 259 g/mol. The topological polar surface area (TPSA) is 0 Å². The highest BCUT2D eigenvalue weighted by atomic mass is 31.1. The Hall–Kier alpha value is -0.270. The maximum atomic E-state index is 5.59. The van der Waals surface area contributed by atoms with Crippen LogP contribution >= 0.6 is 7.92 Å². The molecule has 0 aromatic rings. The summed E-state index contributed by atoms with van der Waals surface area (Å²) in [7, 11) is 0.0978. The van der Waals surface area contributed by atoms with E-state index in [1.807, 2.05) is 0 Å². The van der Waals surface area contributed by atoms with E-state index in [4.69, 9.17) is 6.42 Å². The van der Waals surface area contributed by atoms with Gasteiger partial charge in [-0.1, -0.05) is 38.8 Å². The van der Waals surface area contributed by atoms with Crippen molar-refractivity contribution in [2.24, 2.45) is 17.8 Å². The highest BCUT2D eigenvalue weighted by Gasteiger charge is 2.43. The lowest BCUT2D eigenvalue weighted by molar-refractivity contribution is 0.317. The van der Waals surface area contributed by atoms with Gasteiger partial charge in [-0.25, -0.2) is 0 Å². The van der Waals surface area contributed by atoms with E-state index in [-0.39, 0.29) is 7.92 Å². The lowest BCUT2D eigenvalue weighted by Crippen LogP contribution is -2.21. The van der Waals surface area contributed by atoms with E-state index in [0.29, 0.717) is 0 Å². The van der Waals surface area contributed by atoms with Gasteiger partial charge >= 0.3 is 0 Å². The molecule has 1 aliphatic rings. The van der Waals surface area contributed by atoms with Gasteiger partial charge in [0.25, 0.3) is 0 Å². The minimum absolute atomic E-state index is 0.0978. The van der Waals surface area contributed by atoms with E-state index >= 15 is 0 Å². The first-order chi connectivity index (χ1) is 9.34. The van der Waals surface area contributed by atoms with Gasteiger partial charge in [-0.15, -0.1) is 20.3 Å². The second kappa shape index (κ2) is 7.66. The molecule has 1 rings (SSSR count). The minimum Gasteiger partial charge on any atom is -0.120 e. The largest absolute Gasteiger partial charge is 0.120 e. The standard InChI is InChI=1S/C19H33P/c1-9-11-19-15(6)18(16(7)20(19)8)12-14(5)17(10-2)13(3)4/h1,14-16,18-19H,10-12H2,2-8H3. The average molecular weight is 292 g/mol. The Balaban J connectivity index is 2.82. The molecule has 0 aliphatic carbocycles. The maximum absolute atomic E-state index is 5.59. The summed E-state index contributed by atoms with van der Waals surface area (Å²) in [5, 5.41) is 0. The van der Waals surface area contributed by atoms with Gasteiger partial charge in [0.1, 0.15) is 0 Å². The van der Waals surface area contributed by atoms with Crippen molar-refractivity contribution in [1.82, 2.24) is 0 Å². The number of hydrogen-bond donors (Lipinski definition) is 0. The Morgan fingerprint density at radius 2 is 1.90 bits per heavy atom. The molecule has 0 N–H and O–H groups in total. The Morgan fingerprint density at radius 3 is 2.35 bits per heavy atom. The van der Waals surface area contributed by atoms with E-state index in [1.54, 1.807) is 5.57 Å². The molecule has 0 amide bonds. The van der Waals surface area contributed by atoms with Crippen LogP contribution in [0.5, 0.6) is 0 Å². The Labute approximate surface area is 128 Å². The van der Waals surface area contributed by atoms with Gasteiger partial charge < -0.3 is 0 Å². The first-order valence-corrected chi connectivity index (χ1v) is 10.1. The summed E-state index contributed by atoms with van der Waals surface area (Å²) in [6, 6.07) is 0. The Morgan fingerprint density at radius 1 is 1.30 bits per heavy atom. The molecule has 6 atom stereocenters. The molecule has 0 saturated carbocycles. The van der Waals surface area contributed by atoms with Gasteiger partial charge in [-0.05, 0) is 62.4 Å². The molecule has 114 valence electrons. The molecule has 1 saturated heterocycles. The number of terminal acetylenes is 1. The summed E-state index contributed by atoms with van der Waals surface area (Å²) in [6.45, 7) is 16.7. The summed E-state index contributed by atoms with van der Waals surface area (Å²) in [5.74, 6) is 5.32. The van der Waals surface area contributed by atoms with E-state index in [2.05, 4.69) is 54.1 Å². The molecule has 0 aromatic carbocycles. The van der Waals surface area contributed by atoms with Crippen LogP contribution in [-0.4, -0.2) is 18.0 Å². The first kappa shape index (κ1) is 17.8. The molecule has 0 radical (unpaired) electrons. The maximum Gasteiger partial charge on any atom is 0.0156 e. The first-order valence-electron chi connectivity index (χ1n) is 8.16. The zero-order chi connectivity index (χ0) is 15.4. The van der Waals surface area contributed by atoms with Crippen LogP contribution in [0.15, 0.2) is 11.1 Å². The van der Waals surface area contributed by atoms with Gasteiger partial charge in [-0.3, -0.25) is 0 Å². The number of allylic oxidation sites excluding steroid dienone is 2. The summed E-state index contributed by atoms with van der Waals surface area (Å²) in [6.07, 6.45) is 9.13. The molecule has 0 aromatic heterocycles. The molecule has 1 heteroatoms. The molecule has 20 heavy (non-hydrogen) atoms. The van der Waals surface area contributed by atoms with Gasteiger partial charge in [0, 0.05) is 6.42 Å². The molecule has 1 heterocycles. The normalized spacial score (nSPS) is 34.6. The number of rotatable bonds is 5. The lowest BCUT2D eigenvalue weighted by Gasteiger charge is -2.27. The Bertz CT molecular complexity index is 383.